The molecule has 122 valence electrons. The molecule has 0 bridgehead atoms. The summed E-state index contributed by atoms with van der Waals surface area (Å²) in [7, 11) is 0. The van der Waals surface area contributed by atoms with E-state index in [0.717, 1.165) is 34.2 Å². The van der Waals surface area contributed by atoms with E-state index in [1.54, 1.807) is 0 Å². The fraction of sp³-hybridized carbons (Fsp3) is 0.350. The molecule has 1 aromatic heterocycles. The van der Waals surface area contributed by atoms with E-state index in [1.807, 2.05) is 25.3 Å². The van der Waals surface area contributed by atoms with Crippen molar-refractivity contribution in [2.45, 2.75) is 39.5 Å². The lowest BCUT2D eigenvalue weighted by Crippen LogP contribution is -2.04. The van der Waals surface area contributed by atoms with Gasteiger partial charge < -0.3 is 4.74 Å². The molecule has 0 aliphatic carbocycles. The molecule has 0 radical (unpaired) electrons. The summed E-state index contributed by atoms with van der Waals surface area (Å²) in [5.74, 6) is 1.28. The molecule has 1 atom stereocenters. The van der Waals surface area contributed by atoms with Gasteiger partial charge in [-0.05, 0) is 55.5 Å². The predicted molar refractivity (Wildman–Crippen MR) is 103 cm³/mol. The van der Waals surface area contributed by atoms with Crippen molar-refractivity contribution in [3.63, 3.8) is 0 Å². The number of ether oxygens (including phenoxy) is 1. The van der Waals surface area contributed by atoms with Gasteiger partial charge in [0.25, 0.3) is 0 Å². The van der Waals surface area contributed by atoms with Gasteiger partial charge in [0.05, 0.1) is 12.1 Å². The van der Waals surface area contributed by atoms with Crippen LogP contribution in [0.1, 0.15) is 50.7 Å². The van der Waals surface area contributed by atoms with E-state index in [2.05, 4.69) is 59.5 Å². The van der Waals surface area contributed by atoms with Crippen molar-refractivity contribution in [3.8, 4) is 0 Å². The van der Waals surface area contributed by atoms with Gasteiger partial charge >= 0.3 is 0 Å². The Hall–Kier alpha value is -1.61. The Morgan fingerprint density at radius 1 is 1.39 bits per heavy atom. The lowest BCUT2D eigenvalue weighted by molar-refractivity contribution is 0.296. The van der Waals surface area contributed by atoms with Gasteiger partial charge in [-0.1, -0.05) is 35.9 Å². The summed E-state index contributed by atoms with van der Waals surface area (Å²) in [6, 6.07) is 6.23. The van der Waals surface area contributed by atoms with Crippen LogP contribution in [0.5, 0.6) is 0 Å². The first-order valence-corrected chi connectivity index (χ1v) is 8.94. The van der Waals surface area contributed by atoms with E-state index in [0.29, 0.717) is 12.5 Å². The number of rotatable bonds is 7. The zero-order valence-electron chi connectivity index (χ0n) is 14.1. The second-order valence-electron chi connectivity index (χ2n) is 5.58. The smallest absolute Gasteiger partial charge is 0.124 e. The number of benzene rings is 1. The number of halogens is 1. The van der Waals surface area contributed by atoms with Crippen LogP contribution in [0.15, 0.2) is 47.6 Å². The van der Waals surface area contributed by atoms with Crippen LogP contribution in [-0.4, -0.2) is 11.6 Å². The van der Waals surface area contributed by atoms with E-state index in [9.17, 15) is 0 Å². The second kappa shape index (κ2) is 8.30. The van der Waals surface area contributed by atoms with E-state index < -0.39 is 0 Å². The molecule has 1 aromatic carbocycles. The van der Waals surface area contributed by atoms with Crippen LogP contribution in [-0.2, 0) is 4.74 Å². The molecule has 1 heterocycles. The molecule has 0 saturated heterocycles. The molecule has 0 spiro atoms. The van der Waals surface area contributed by atoms with Crippen LogP contribution in [0.4, 0.5) is 0 Å². The highest BCUT2D eigenvalue weighted by molar-refractivity contribution is 9.10. The molecule has 0 aliphatic rings. The molecule has 1 unspecified atom stereocenters. The summed E-state index contributed by atoms with van der Waals surface area (Å²) in [5.41, 5.74) is 3.38. The molecule has 0 aliphatic heterocycles. The highest BCUT2D eigenvalue weighted by atomic mass is 79.9. The quantitative estimate of drug-likeness (QED) is 0.410. The number of aromatic nitrogens is 1. The fourth-order valence-corrected chi connectivity index (χ4v) is 3.23. The molecule has 3 heteroatoms. The Bertz CT molecular complexity index is 721. The number of pyridine rings is 1. The Labute approximate surface area is 147 Å². The van der Waals surface area contributed by atoms with Crippen molar-refractivity contribution in [2.75, 3.05) is 6.61 Å². The number of fused-ring (bicyclic) bond motifs is 1. The molecule has 2 nitrogen and oxygen atoms in total. The van der Waals surface area contributed by atoms with Gasteiger partial charge in [-0.25, -0.2) is 0 Å². The van der Waals surface area contributed by atoms with Crippen molar-refractivity contribution in [3.05, 3.63) is 58.7 Å². The van der Waals surface area contributed by atoms with E-state index in [1.165, 1.54) is 10.9 Å². The summed E-state index contributed by atoms with van der Waals surface area (Å²) in [6.45, 7) is 10.9. The van der Waals surface area contributed by atoms with Crippen molar-refractivity contribution >= 4 is 32.6 Å². The van der Waals surface area contributed by atoms with Gasteiger partial charge in [0.15, 0.2) is 0 Å². The molecule has 2 aromatic rings. The number of hydrogen-bond donors (Lipinski definition) is 0. The average molecular weight is 374 g/mol. The summed E-state index contributed by atoms with van der Waals surface area (Å²) in [6.07, 6.45) is 7.91. The summed E-state index contributed by atoms with van der Waals surface area (Å²) < 4.78 is 6.96. The predicted octanol–water partition coefficient (Wildman–Crippen LogP) is 6.46. The molecule has 0 saturated carbocycles. The van der Waals surface area contributed by atoms with Crippen molar-refractivity contribution < 1.29 is 4.74 Å². The summed E-state index contributed by atoms with van der Waals surface area (Å²) in [5, 5.41) is 1.17. The molecule has 0 fully saturated rings. The van der Waals surface area contributed by atoms with Gasteiger partial charge in [0.1, 0.15) is 5.76 Å². The second-order valence-corrected chi connectivity index (χ2v) is 6.50. The third-order valence-electron chi connectivity index (χ3n) is 3.84. The minimum Gasteiger partial charge on any atom is -0.494 e. The van der Waals surface area contributed by atoms with Crippen molar-refractivity contribution in [2.24, 2.45) is 0 Å². The molecule has 0 amide bonds. The third-order valence-corrected chi connectivity index (χ3v) is 4.33. The van der Waals surface area contributed by atoms with Gasteiger partial charge in [0.2, 0.25) is 0 Å². The first-order chi connectivity index (χ1) is 11.1. The van der Waals surface area contributed by atoms with Crippen LogP contribution < -0.4 is 0 Å². The van der Waals surface area contributed by atoms with Crippen molar-refractivity contribution in [1.82, 2.24) is 4.98 Å². The minimum absolute atomic E-state index is 0.350. The van der Waals surface area contributed by atoms with Crippen LogP contribution >= 0.6 is 15.9 Å². The molecule has 2 rings (SSSR count). The van der Waals surface area contributed by atoms with E-state index in [-0.39, 0.29) is 0 Å². The Morgan fingerprint density at radius 3 is 2.83 bits per heavy atom. The lowest BCUT2D eigenvalue weighted by Gasteiger charge is -2.20. The van der Waals surface area contributed by atoms with Gasteiger partial charge in [-0.15, -0.1) is 6.58 Å². The largest absolute Gasteiger partial charge is 0.494 e. The zero-order chi connectivity index (χ0) is 16.8. The summed E-state index contributed by atoms with van der Waals surface area (Å²) >= 11 is 3.58. The third kappa shape index (κ3) is 4.03. The van der Waals surface area contributed by atoms with Crippen molar-refractivity contribution in [1.29, 1.82) is 0 Å². The van der Waals surface area contributed by atoms with E-state index in [4.69, 9.17) is 4.74 Å². The number of nitrogens with zero attached hydrogens (tertiary/aromatic N) is 1. The van der Waals surface area contributed by atoms with E-state index >= 15 is 0 Å². The first kappa shape index (κ1) is 17.7. The first-order valence-electron chi connectivity index (χ1n) is 8.14. The van der Waals surface area contributed by atoms with Gasteiger partial charge in [0, 0.05) is 21.6 Å². The molecule has 0 N–H and O–H groups in total. The van der Waals surface area contributed by atoms with Crippen LogP contribution in [0.3, 0.4) is 0 Å². The standard InChI is InChI=1S/C20H24BrNO/c1-5-8-14(4)20-16-12-15(21)10-11-18(16)22-13-17(20)19(9-6-2)23-7-3/h5,9-14H,1,6-8H2,2-4H3/b19-9+. The van der Waals surface area contributed by atoms with Crippen LogP contribution in [0.2, 0.25) is 0 Å². The highest BCUT2D eigenvalue weighted by Gasteiger charge is 2.18. The van der Waals surface area contributed by atoms with Crippen LogP contribution in [0.25, 0.3) is 16.7 Å². The Morgan fingerprint density at radius 2 is 2.17 bits per heavy atom. The fourth-order valence-electron chi connectivity index (χ4n) is 2.87. The molecule has 23 heavy (non-hydrogen) atoms. The maximum Gasteiger partial charge on any atom is 0.124 e. The summed E-state index contributed by atoms with van der Waals surface area (Å²) in [4.78, 5) is 4.64. The minimum atomic E-state index is 0.350. The maximum atomic E-state index is 5.90. The lowest BCUT2D eigenvalue weighted by atomic mass is 9.89. The number of allylic oxidation sites excluding steroid dienone is 2. The maximum absolute atomic E-state index is 5.90. The normalized spacial score (nSPS) is 13.1. The molecular formula is C20H24BrNO. The Kier molecular flexibility index (Phi) is 6.40. The van der Waals surface area contributed by atoms with Gasteiger partial charge in [-0.2, -0.15) is 0 Å². The Balaban J connectivity index is 2.74. The number of hydrogen-bond acceptors (Lipinski definition) is 2. The topological polar surface area (TPSA) is 22.1 Å². The average Bonchev–Trinajstić information content (AvgIpc) is 2.53. The van der Waals surface area contributed by atoms with Crippen LogP contribution in [0, 0.1) is 0 Å². The highest BCUT2D eigenvalue weighted by Crippen LogP contribution is 2.35. The van der Waals surface area contributed by atoms with Gasteiger partial charge in [-0.3, -0.25) is 4.98 Å². The SMILES string of the molecule is C=CCC(C)c1c(/C(=C\CC)OCC)cnc2ccc(Br)cc12. The molecular weight excluding hydrogens is 350 g/mol. The zero-order valence-corrected chi connectivity index (χ0v) is 15.7. The monoisotopic (exact) mass is 373 g/mol.